The molecule has 0 aliphatic carbocycles. The molecule has 3 N–H and O–H groups in total. The number of carbonyl (C=O) groups excluding carboxylic acids is 5. The number of anilines is 1. The number of esters is 1. The summed E-state index contributed by atoms with van der Waals surface area (Å²) in [5, 5.41) is 12.7. The van der Waals surface area contributed by atoms with Gasteiger partial charge in [0.05, 0.1) is 47.7 Å². The molecule has 7 rings (SSSR count). The van der Waals surface area contributed by atoms with Gasteiger partial charge >= 0.3 is 37.1 Å². The molecule has 0 bridgehead atoms. The number of hydrogen-bond donors (Lipinski definition) is 2. The monoisotopic (exact) mass is 1160 g/mol. The van der Waals surface area contributed by atoms with Gasteiger partial charge in [-0.2, -0.15) is 18.6 Å². The van der Waals surface area contributed by atoms with Crippen molar-refractivity contribution in [2.24, 2.45) is 17.3 Å². The van der Waals surface area contributed by atoms with Gasteiger partial charge in [0, 0.05) is 81.6 Å². The minimum absolute atomic E-state index is 0. The van der Waals surface area contributed by atoms with Gasteiger partial charge < -0.3 is 54.2 Å². The zero-order valence-electron chi connectivity index (χ0n) is 40.3. The fraction of sp³-hybridized carbons (Fsp3) is 0.471. The molecule has 2 aromatic carbocycles. The van der Waals surface area contributed by atoms with E-state index in [9.17, 15) is 29.1 Å². The molecular weight excluding hydrogens is 1090 g/mol. The number of carbonyl (C=O) groups is 4. The molecule has 5 heterocycles. The number of likely N-dealkylation sites (N-methyl/N-ethyl adjacent to an activating group) is 1. The van der Waals surface area contributed by atoms with E-state index >= 15 is 0 Å². The van der Waals surface area contributed by atoms with Crippen molar-refractivity contribution >= 4 is 46.7 Å². The van der Waals surface area contributed by atoms with Crippen LogP contribution in [0.15, 0.2) is 67.4 Å². The molecule has 3 aliphatic heterocycles. The van der Waals surface area contributed by atoms with E-state index in [1.807, 2.05) is 38.6 Å². The molecule has 16 nitrogen and oxygen atoms in total. The van der Waals surface area contributed by atoms with Crippen molar-refractivity contribution in [3.05, 3.63) is 91.2 Å². The van der Waals surface area contributed by atoms with Gasteiger partial charge in [-0.3, -0.25) is 24.8 Å². The topological polar surface area (TPSA) is 191 Å². The number of phenolic OH excluding ortho intramolecular Hbond substituents is 1. The van der Waals surface area contributed by atoms with E-state index in [2.05, 4.69) is 73.4 Å². The fourth-order valence-corrected chi connectivity index (χ4v) is 9.34. The number of rotatable bonds is 16. The molecule has 0 saturated carbocycles. The van der Waals surface area contributed by atoms with Gasteiger partial charge in [-0.25, -0.2) is 0 Å². The Balaban J connectivity index is 0.000000347. The summed E-state index contributed by atoms with van der Waals surface area (Å²) in [4.78, 5) is 69.5. The van der Waals surface area contributed by atoms with Crippen LogP contribution in [0.25, 0.3) is 39.2 Å². The molecule has 0 spiro atoms. The van der Waals surface area contributed by atoms with Crippen molar-refractivity contribution in [3.63, 3.8) is 0 Å². The Labute approximate surface area is 423 Å². The minimum atomic E-state index is -0.757. The number of aromatic nitrogens is 2. The summed E-state index contributed by atoms with van der Waals surface area (Å²) in [6.07, 6.45) is 7.64. The maximum atomic E-state index is 13.1. The Hall–Kier alpha value is -5.34. The number of amides is 4. The number of nitrogens with zero attached hydrogens (tertiary/aromatic N) is 6. The van der Waals surface area contributed by atoms with Crippen LogP contribution >= 0.6 is 0 Å². The van der Waals surface area contributed by atoms with Crippen molar-refractivity contribution in [3.8, 4) is 28.3 Å². The summed E-state index contributed by atoms with van der Waals surface area (Å²) in [7, 11) is 3.30. The Morgan fingerprint density at radius 2 is 1.81 bits per heavy atom. The number of likely N-dealkylation sites (tertiary alicyclic amines) is 1. The maximum absolute atomic E-state index is 13.1. The van der Waals surface area contributed by atoms with Crippen LogP contribution in [-0.2, 0) is 46.4 Å². The molecule has 1 radical (unpaired) electrons. The minimum Gasteiger partial charge on any atom is -0.666 e. The number of phenols is 1. The third-order valence-corrected chi connectivity index (χ3v) is 12.9. The second-order valence-corrected chi connectivity index (χ2v) is 18.8. The molecule has 3 fully saturated rings. The average molecular weight is 1160 g/mol. The van der Waals surface area contributed by atoms with Crippen molar-refractivity contribution in [1.29, 1.82) is 0 Å². The van der Waals surface area contributed by atoms with Crippen molar-refractivity contribution < 1.29 is 69.7 Å². The molecule has 3 aliphatic rings. The number of ether oxygens (including phenoxy) is 2. The fourth-order valence-electron chi connectivity index (χ4n) is 9.34. The Morgan fingerprint density at radius 1 is 1.07 bits per heavy atom. The van der Waals surface area contributed by atoms with Crippen LogP contribution in [0.3, 0.4) is 0 Å². The second kappa shape index (κ2) is 23.3. The van der Waals surface area contributed by atoms with Crippen molar-refractivity contribution in [2.45, 2.75) is 85.0 Å². The zero-order valence-corrected chi connectivity index (χ0v) is 44.5. The molecule has 0 unspecified atom stereocenters. The smallest absolute Gasteiger partial charge is 0.666 e. The number of methoxy groups -OCH3 is 1. The number of aryl methyl sites for hydroxylation is 1. The van der Waals surface area contributed by atoms with E-state index in [0.29, 0.717) is 45.3 Å². The predicted molar refractivity (Wildman–Crippen MR) is 258 cm³/mol. The normalized spacial score (nSPS) is 17.7. The number of nitrogens with one attached hydrogen (secondary N) is 2. The van der Waals surface area contributed by atoms with Crippen LogP contribution < -0.4 is 10.3 Å². The molecule has 3 atom stereocenters. The number of benzene rings is 2. The number of fused-ring (bicyclic) bond motifs is 1. The van der Waals surface area contributed by atoms with Crippen molar-refractivity contribution in [2.75, 3.05) is 58.4 Å². The largest absolute Gasteiger partial charge is 3.00 e. The molecule has 3 saturated heterocycles. The average Bonchev–Trinajstić information content (AvgIpc) is 3.90. The first-order chi connectivity index (χ1) is 31.9. The number of pyridine rings is 1. The van der Waals surface area contributed by atoms with Crippen LogP contribution in [-0.4, -0.2) is 131 Å². The summed E-state index contributed by atoms with van der Waals surface area (Å²) in [6, 6.07) is 14.6. The first-order valence-corrected chi connectivity index (χ1v) is 23.0. The summed E-state index contributed by atoms with van der Waals surface area (Å²) < 4.78 is 13.7. The Kier molecular flexibility index (Phi) is 18.4. The second-order valence-electron chi connectivity index (χ2n) is 18.8. The van der Waals surface area contributed by atoms with Gasteiger partial charge in [-0.1, -0.05) is 45.9 Å². The van der Waals surface area contributed by atoms with Gasteiger partial charge in [-0.15, -0.1) is 12.5 Å². The summed E-state index contributed by atoms with van der Waals surface area (Å²) in [5.41, 5.74) is 17.5. The Bertz CT molecular complexity index is 2450. The van der Waals surface area contributed by atoms with Crippen molar-refractivity contribution in [1.82, 2.24) is 29.8 Å². The van der Waals surface area contributed by atoms with E-state index in [-0.39, 0.29) is 79.2 Å². The number of hydrazine groups is 1. The molecule has 68 heavy (non-hydrogen) atoms. The summed E-state index contributed by atoms with van der Waals surface area (Å²) in [5.74, 6) is -1.73. The maximum Gasteiger partial charge on any atom is 3.00 e. The van der Waals surface area contributed by atoms with Gasteiger partial charge in [0.15, 0.2) is 0 Å². The van der Waals surface area contributed by atoms with E-state index in [1.165, 1.54) is 16.0 Å². The standard InChI is InChI=1S/C37H43N5O5.C14H23N3O3.U/c1-6-42-34-10-9-25(26-14-24(2)15-28(44)16-26)17-30(34)31(35(42)33-18-27(11-12-38-33)40-20-29(21-40)46-5)19-37(3,4)22-47-36(45)32-8-7-13-41(23-43)39-32;1-5-11(18)17-7-6-10(8-17)14(20)16(4)12(9(2)3)13(15)19;/h9-12,14-18,29,32,39,44H,2,6-8,13,19-22H2,1,3-5H3;5,9-10,12H,1,6-8H2,2-4H3,(H2,15,19);/q-2;;+3/p-1/t32-;10-,12-;/m00./s1. The molecule has 2 aromatic heterocycles. The van der Waals surface area contributed by atoms with Crippen LogP contribution in [0.5, 0.6) is 5.75 Å². The van der Waals surface area contributed by atoms with Crippen LogP contribution in [0.4, 0.5) is 5.69 Å². The third kappa shape index (κ3) is 12.5. The zero-order chi connectivity index (χ0) is 48.7. The SMILES string of the molecule is C=CC(=O)N1CC[C@H](C(=O)N(C)[C@H](C([NH-])=O)C(C)C)C1.[CH2-]c1cc(O)cc(-c2ccc3c(c2)c(CC(C)(C)COC(=O)[C@@H]2CCCN([C-]=O)N2)c(-c2cc(N4CC(OC)C4)ccn2)n3CC)c1.[U+3]. The van der Waals surface area contributed by atoms with Gasteiger partial charge in [-0.05, 0) is 86.1 Å². The summed E-state index contributed by atoms with van der Waals surface area (Å²) in [6.45, 7) is 21.4. The number of aromatic hydroxyl groups is 1. The number of hydrogen-bond acceptors (Lipinski definition) is 11. The van der Waals surface area contributed by atoms with E-state index in [1.54, 1.807) is 31.2 Å². The molecular formula is C51H65N8O8U. The summed E-state index contributed by atoms with van der Waals surface area (Å²) >= 11 is 0. The molecule has 361 valence electrons. The van der Waals surface area contributed by atoms with Gasteiger partial charge in [0.1, 0.15) is 6.04 Å². The van der Waals surface area contributed by atoms with E-state index in [4.69, 9.17) is 20.2 Å². The van der Waals surface area contributed by atoms with Crippen LogP contribution in [0, 0.1) is 55.3 Å². The van der Waals surface area contributed by atoms with Crippen LogP contribution in [0.2, 0.25) is 0 Å². The Morgan fingerprint density at radius 3 is 2.44 bits per heavy atom. The predicted octanol–water partition coefficient (Wildman–Crippen LogP) is 6.34. The molecule has 4 amide bonds. The first kappa shape index (κ1) is 53.6. The first-order valence-electron chi connectivity index (χ1n) is 23.0. The van der Waals surface area contributed by atoms with Gasteiger partial charge in [0.2, 0.25) is 11.8 Å². The third-order valence-electron chi connectivity index (χ3n) is 12.9. The van der Waals surface area contributed by atoms with Crippen LogP contribution in [0.1, 0.15) is 65.0 Å². The molecule has 4 aromatic rings. The van der Waals surface area contributed by atoms with E-state index in [0.717, 1.165) is 69.9 Å². The molecule has 17 heteroatoms. The van der Waals surface area contributed by atoms with E-state index < -0.39 is 23.4 Å². The quantitative estimate of drug-likeness (QED) is 0.0723. The van der Waals surface area contributed by atoms with Gasteiger partial charge in [0.25, 0.3) is 0 Å².